The highest BCUT2D eigenvalue weighted by molar-refractivity contribution is 6.32. The van der Waals surface area contributed by atoms with Crippen LogP contribution in [0.1, 0.15) is 6.92 Å². The van der Waals surface area contributed by atoms with Crippen molar-refractivity contribution in [1.82, 2.24) is 5.32 Å². The normalized spacial score (nSPS) is 11.6. The van der Waals surface area contributed by atoms with Crippen molar-refractivity contribution >= 4 is 29.1 Å². The number of para-hydroxylation sites is 1. The molecule has 2 aromatic carbocycles. The second-order valence-electron chi connectivity index (χ2n) is 4.78. The van der Waals surface area contributed by atoms with Crippen LogP contribution in [-0.2, 0) is 4.79 Å². The van der Waals surface area contributed by atoms with Crippen molar-refractivity contribution in [3.05, 3.63) is 58.6 Å². The number of hydrogen-bond donors (Lipinski definition) is 1. The van der Waals surface area contributed by atoms with E-state index >= 15 is 0 Å². The summed E-state index contributed by atoms with van der Waals surface area (Å²) in [6, 6.07) is 14.0. The lowest BCUT2D eigenvalue weighted by atomic mass is 10.3. The molecule has 0 aromatic heterocycles. The topological polar surface area (TPSA) is 47.6 Å². The molecule has 0 heterocycles. The fourth-order valence-electron chi connectivity index (χ4n) is 1.81. The molecule has 0 spiro atoms. The average Bonchev–Trinajstić information content (AvgIpc) is 2.55. The highest BCUT2D eigenvalue weighted by Gasteiger charge is 2.14. The first-order valence-electron chi connectivity index (χ1n) is 7.13. The van der Waals surface area contributed by atoms with Crippen LogP contribution in [0.2, 0.25) is 10.0 Å². The molecule has 0 radical (unpaired) electrons. The van der Waals surface area contributed by atoms with E-state index in [1.165, 1.54) is 0 Å². The quantitative estimate of drug-likeness (QED) is 0.766. The van der Waals surface area contributed by atoms with E-state index in [0.29, 0.717) is 34.7 Å². The molecule has 1 amide bonds. The zero-order chi connectivity index (χ0) is 16.7. The summed E-state index contributed by atoms with van der Waals surface area (Å²) >= 11 is 11.8. The van der Waals surface area contributed by atoms with Crippen molar-refractivity contribution in [3.8, 4) is 11.5 Å². The Balaban J connectivity index is 1.72. The minimum Gasteiger partial charge on any atom is -0.490 e. The molecule has 1 atom stereocenters. The number of ether oxygens (including phenoxy) is 2. The average molecular weight is 354 g/mol. The first-order chi connectivity index (χ1) is 11.1. The largest absolute Gasteiger partial charge is 0.490 e. The van der Waals surface area contributed by atoms with E-state index < -0.39 is 6.10 Å². The van der Waals surface area contributed by atoms with Crippen LogP contribution in [0.25, 0.3) is 0 Å². The Hall–Kier alpha value is -1.91. The van der Waals surface area contributed by atoms with Gasteiger partial charge in [-0.25, -0.2) is 0 Å². The van der Waals surface area contributed by atoms with Crippen LogP contribution >= 0.6 is 23.2 Å². The summed E-state index contributed by atoms with van der Waals surface area (Å²) in [4.78, 5) is 11.9. The zero-order valence-electron chi connectivity index (χ0n) is 12.6. The summed E-state index contributed by atoms with van der Waals surface area (Å²) in [6.45, 7) is 2.36. The van der Waals surface area contributed by atoms with Crippen molar-refractivity contribution in [3.63, 3.8) is 0 Å². The number of carbonyl (C=O) groups excluding carboxylic acids is 1. The molecule has 0 aliphatic carbocycles. The molecule has 2 rings (SSSR count). The molecule has 0 aliphatic rings. The van der Waals surface area contributed by atoms with Crippen molar-refractivity contribution in [1.29, 1.82) is 0 Å². The molecule has 0 saturated heterocycles. The maximum Gasteiger partial charge on any atom is 0.260 e. The maximum atomic E-state index is 11.9. The zero-order valence-corrected chi connectivity index (χ0v) is 14.1. The second kappa shape index (κ2) is 8.65. The van der Waals surface area contributed by atoms with Crippen LogP contribution < -0.4 is 14.8 Å². The molecule has 122 valence electrons. The summed E-state index contributed by atoms with van der Waals surface area (Å²) in [5, 5.41) is 3.90. The minimum atomic E-state index is -0.614. The van der Waals surface area contributed by atoms with Gasteiger partial charge in [0, 0.05) is 5.02 Å². The highest BCUT2D eigenvalue weighted by atomic mass is 35.5. The lowest BCUT2D eigenvalue weighted by Gasteiger charge is -2.15. The van der Waals surface area contributed by atoms with Gasteiger partial charge < -0.3 is 14.8 Å². The van der Waals surface area contributed by atoms with Gasteiger partial charge in [0.1, 0.15) is 18.1 Å². The van der Waals surface area contributed by atoms with Crippen molar-refractivity contribution in [2.24, 2.45) is 0 Å². The predicted molar refractivity (Wildman–Crippen MR) is 91.5 cm³/mol. The van der Waals surface area contributed by atoms with Crippen LogP contribution in [-0.4, -0.2) is 25.2 Å². The van der Waals surface area contributed by atoms with E-state index in [1.807, 2.05) is 12.1 Å². The van der Waals surface area contributed by atoms with Gasteiger partial charge in [0.05, 0.1) is 11.6 Å². The van der Waals surface area contributed by atoms with E-state index in [9.17, 15) is 4.79 Å². The van der Waals surface area contributed by atoms with Crippen molar-refractivity contribution in [2.45, 2.75) is 13.0 Å². The fourth-order valence-corrected chi connectivity index (χ4v) is 2.13. The van der Waals surface area contributed by atoms with Gasteiger partial charge in [-0.3, -0.25) is 4.79 Å². The van der Waals surface area contributed by atoms with E-state index in [2.05, 4.69) is 5.32 Å². The third kappa shape index (κ3) is 5.66. The number of halogens is 2. The van der Waals surface area contributed by atoms with Crippen LogP contribution in [0.15, 0.2) is 48.5 Å². The van der Waals surface area contributed by atoms with Gasteiger partial charge in [0.25, 0.3) is 5.91 Å². The van der Waals surface area contributed by atoms with Gasteiger partial charge in [-0.1, -0.05) is 35.3 Å². The van der Waals surface area contributed by atoms with Crippen LogP contribution in [0.5, 0.6) is 11.5 Å². The number of amides is 1. The summed E-state index contributed by atoms with van der Waals surface area (Å²) < 4.78 is 11.0. The standard InChI is InChI=1S/C17H17Cl2NO3/c1-12(23-14-8-6-13(18)7-9-14)17(21)20-10-11-22-16-5-3-2-4-15(16)19/h2-9,12H,10-11H2,1H3,(H,20,21)/t12-/m0/s1. The number of benzene rings is 2. The summed E-state index contributed by atoms with van der Waals surface area (Å²) in [5.41, 5.74) is 0. The van der Waals surface area contributed by atoms with Gasteiger partial charge in [-0.15, -0.1) is 0 Å². The minimum absolute atomic E-state index is 0.220. The van der Waals surface area contributed by atoms with Gasteiger partial charge in [0.15, 0.2) is 6.10 Å². The predicted octanol–water partition coefficient (Wildman–Crippen LogP) is 3.96. The van der Waals surface area contributed by atoms with Gasteiger partial charge >= 0.3 is 0 Å². The van der Waals surface area contributed by atoms with Crippen LogP contribution in [0.3, 0.4) is 0 Å². The first-order valence-corrected chi connectivity index (χ1v) is 7.89. The van der Waals surface area contributed by atoms with E-state index in [4.69, 9.17) is 32.7 Å². The highest BCUT2D eigenvalue weighted by Crippen LogP contribution is 2.22. The molecule has 4 nitrogen and oxygen atoms in total. The molecule has 0 aliphatic heterocycles. The van der Waals surface area contributed by atoms with Gasteiger partial charge in [-0.2, -0.15) is 0 Å². The van der Waals surface area contributed by atoms with Gasteiger partial charge in [0.2, 0.25) is 0 Å². The summed E-state index contributed by atoms with van der Waals surface area (Å²) in [6.07, 6.45) is -0.614. The Bertz CT molecular complexity index is 647. The molecule has 6 heteroatoms. The number of carbonyl (C=O) groups is 1. The Morgan fingerprint density at radius 2 is 1.83 bits per heavy atom. The molecule has 2 aromatic rings. The van der Waals surface area contributed by atoms with Gasteiger partial charge in [-0.05, 0) is 43.3 Å². The molecule has 0 unspecified atom stereocenters. The molecular weight excluding hydrogens is 337 g/mol. The summed E-state index contributed by atoms with van der Waals surface area (Å²) in [5.74, 6) is 0.959. The Labute approximate surface area is 145 Å². The molecule has 0 bridgehead atoms. The molecule has 0 fully saturated rings. The Kier molecular flexibility index (Phi) is 6.56. The van der Waals surface area contributed by atoms with E-state index in [0.717, 1.165) is 0 Å². The SMILES string of the molecule is C[C@H](Oc1ccc(Cl)cc1)C(=O)NCCOc1ccccc1Cl. The smallest absolute Gasteiger partial charge is 0.260 e. The molecule has 1 N–H and O–H groups in total. The molecule has 0 saturated carbocycles. The van der Waals surface area contributed by atoms with Crippen LogP contribution in [0.4, 0.5) is 0 Å². The third-order valence-corrected chi connectivity index (χ3v) is 3.56. The molecular formula is C17H17Cl2NO3. The number of nitrogens with one attached hydrogen (secondary N) is 1. The van der Waals surface area contributed by atoms with E-state index in [-0.39, 0.29) is 5.91 Å². The lowest BCUT2D eigenvalue weighted by Crippen LogP contribution is -2.38. The second-order valence-corrected chi connectivity index (χ2v) is 5.63. The number of hydrogen-bond acceptors (Lipinski definition) is 3. The van der Waals surface area contributed by atoms with Crippen molar-refractivity contribution < 1.29 is 14.3 Å². The number of rotatable bonds is 7. The third-order valence-electron chi connectivity index (χ3n) is 2.99. The monoisotopic (exact) mass is 353 g/mol. The van der Waals surface area contributed by atoms with Crippen molar-refractivity contribution in [2.75, 3.05) is 13.2 Å². The molecule has 23 heavy (non-hydrogen) atoms. The fraction of sp³-hybridized carbons (Fsp3) is 0.235. The Morgan fingerprint density at radius 3 is 2.52 bits per heavy atom. The lowest BCUT2D eigenvalue weighted by molar-refractivity contribution is -0.127. The Morgan fingerprint density at radius 1 is 1.13 bits per heavy atom. The van der Waals surface area contributed by atoms with E-state index in [1.54, 1.807) is 43.3 Å². The summed E-state index contributed by atoms with van der Waals surface area (Å²) in [7, 11) is 0. The maximum absolute atomic E-state index is 11.9. The first kappa shape index (κ1) is 17.4. The van der Waals surface area contributed by atoms with Crippen LogP contribution in [0, 0.1) is 0 Å².